The van der Waals surface area contributed by atoms with Gasteiger partial charge in [0, 0.05) is 7.11 Å². The molecule has 0 aliphatic heterocycles. The molecule has 0 aromatic heterocycles. The molecule has 1 nitrogen and oxygen atoms in total. The van der Waals surface area contributed by atoms with Gasteiger partial charge < -0.3 is 4.74 Å². The summed E-state index contributed by atoms with van der Waals surface area (Å²) in [6.07, 6.45) is -4.07. The van der Waals surface area contributed by atoms with Gasteiger partial charge in [0.25, 0.3) is 5.13 Å². The van der Waals surface area contributed by atoms with Gasteiger partial charge in [0.15, 0.2) is 0 Å². The van der Waals surface area contributed by atoms with Crippen molar-refractivity contribution in [1.82, 2.24) is 0 Å². The van der Waals surface area contributed by atoms with Crippen molar-refractivity contribution in [3.8, 4) is 0 Å². The van der Waals surface area contributed by atoms with Crippen molar-refractivity contribution in [3.63, 3.8) is 0 Å². The molecule has 2 unspecified atom stereocenters. The first-order valence-corrected chi connectivity index (χ1v) is 3.52. The van der Waals surface area contributed by atoms with Gasteiger partial charge in [0.1, 0.15) is 0 Å². The summed E-state index contributed by atoms with van der Waals surface area (Å²) in [5, 5.41) is -4.91. The Morgan fingerprint density at radius 1 is 1.36 bits per heavy atom. The van der Waals surface area contributed by atoms with E-state index in [0.717, 1.165) is 6.92 Å². The zero-order valence-corrected chi connectivity index (χ0v) is 7.39. The molecule has 68 valence electrons. The first-order chi connectivity index (χ1) is 4.75. The standard InChI is InChI=1S/C5H7Cl2F3O/c1-3(6)4(7,8)5(9,10)11-2/h3H,1-2H3. The van der Waals surface area contributed by atoms with Gasteiger partial charge in [-0.1, -0.05) is 11.6 Å². The Morgan fingerprint density at radius 3 is 1.82 bits per heavy atom. The van der Waals surface area contributed by atoms with Crippen LogP contribution < -0.4 is 0 Å². The van der Waals surface area contributed by atoms with E-state index in [1.165, 1.54) is 0 Å². The maximum atomic E-state index is 12.7. The molecule has 0 aliphatic rings. The number of alkyl halides is 5. The molecule has 0 amide bonds. The minimum Gasteiger partial charge on any atom is -0.320 e. The predicted molar refractivity (Wildman–Crippen MR) is 37.0 cm³/mol. The number of rotatable bonds is 3. The lowest BCUT2D eigenvalue weighted by molar-refractivity contribution is -0.272. The van der Waals surface area contributed by atoms with Crippen molar-refractivity contribution in [2.45, 2.75) is 23.5 Å². The van der Waals surface area contributed by atoms with Crippen molar-refractivity contribution in [3.05, 3.63) is 0 Å². The van der Waals surface area contributed by atoms with Crippen molar-refractivity contribution in [1.29, 1.82) is 0 Å². The summed E-state index contributed by atoms with van der Waals surface area (Å²) >= 11 is 9.86. The third kappa shape index (κ3) is 2.13. The van der Waals surface area contributed by atoms with Gasteiger partial charge in [-0.2, -0.15) is 8.78 Å². The molecule has 0 aromatic rings. The minimum atomic E-state index is -4.07. The SMILES string of the molecule is COC(F)(F)C(F)(Cl)C(C)Cl. The Morgan fingerprint density at radius 2 is 1.73 bits per heavy atom. The number of methoxy groups -OCH3 is 1. The summed E-state index contributed by atoms with van der Waals surface area (Å²) in [5.41, 5.74) is 0. The molecule has 0 radical (unpaired) electrons. The van der Waals surface area contributed by atoms with Crippen LogP contribution in [0.4, 0.5) is 13.2 Å². The topological polar surface area (TPSA) is 9.23 Å². The van der Waals surface area contributed by atoms with Gasteiger partial charge in [-0.3, -0.25) is 0 Å². The first kappa shape index (κ1) is 11.3. The second-order valence-corrected chi connectivity index (χ2v) is 3.16. The molecule has 0 rings (SSSR count). The van der Waals surface area contributed by atoms with Crippen LogP contribution in [0.5, 0.6) is 0 Å². The molecule has 2 atom stereocenters. The maximum Gasteiger partial charge on any atom is 0.405 e. The van der Waals surface area contributed by atoms with Gasteiger partial charge in [-0.15, -0.1) is 11.6 Å². The second kappa shape index (κ2) is 3.37. The quantitative estimate of drug-likeness (QED) is 0.652. The second-order valence-electron chi connectivity index (χ2n) is 1.96. The molecule has 0 aromatic carbocycles. The van der Waals surface area contributed by atoms with E-state index in [0.29, 0.717) is 7.11 Å². The Hall–Kier alpha value is 0.330. The van der Waals surface area contributed by atoms with Gasteiger partial charge >= 0.3 is 6.11 Å². The number of hydrogen-bond acceptors (Lipinski definition) is 1. The fourth-order valence-corrected chi connectivity index (χ4v) is 0.572. The van der Waals surface area contributed by atoms with Gasteiger partial charge in [0.2, 0.25) is 0 Å². The predicted octanol–water partition coefficient (Wildman–Crippen LogP) is 2.76. The van der Waals surface area contributed by atoms with E-state index in [4.69, 9.17) is 23.2 Å². The highest BCUT2D eigenvalue weighted by Gasteiger charge is 2.58. The lowest BCUT2D eigenvalue weighted by Crippen LogP contribution is -2.46. The molecule has 0 fully saturated rings. The van der Waals surface area contributed by atoms with Crippen LogP contribution in [0, 0.1) is 0 Å². The first-order valence-electron chi connectivity index (χ1n) is 2.70. The molecule has 6 heteroatoms. The summed E-state index contributed by atoms with van der Waals surface area (Å²) in [4.78, 5) is 0. The highest BCUT2D eigenvalue weighted by Crippen LogP contribution is 2.41. The summed E-state index contributed by atoms with van der Waals surface area (Å²) in [6, 6.07) is 0. The molecule has 0 saturated carbocycles. The highest BCUT2D eigenvalue weighted by molar-refractivity contribution is 6.31. The third-order valence-electron chi connectivity index (χ3n) is 1.14. The van der Waals surface area contributed by atoms with E-state index in [1.54, 1.807) is 0 Å². The van der Waals surface area contributed by atoms with Gasteiger partial charge in [-0.25, -0.2) is 4.39 Å². The molecular formula is C5H7Cl2F3O. The summed E-state index contributed by atoms with van der Waals surface area (Å²) in [7, 11) is 0.649. The maximum absolute atomic E-state index is 12.7. The van der Waals surface area contributed by atoms with E-state index in [9.17, 15) is 13.2 Å². The van der Waals surface area contributed by atoms with Crippen molar-refractivity contribution < 1.29 is 17.9 Å². The smallest absolute Gasteiger partial charge is 0.320 e. The van der Waals surface area contributed by atoms with Crippen molar-refractivity contribution in [2.24, 2.45) is 0 Å². The zero-order valence-electron chi connectivity index (χ0n) is 5.88. The van der Waals surface area contributed by atoms with Crippen molar-refractivity contribution in [2.75, 3.05) is 7.11 Å². The van der Waals surface area contributed by atoms with Crippen LogP contribution in [0.3, 0.4) is 0 Å². The largest absolute Gasteiger partial charge is 0.405 e. The van der Waals surface area contributed by atoms with Crippen LogP contribution in [-0.4, -0.2) is 23.7 Å². The molecule has 0 heterocycles. The highest BCUT2D eigenvalue weighted by atomic mass is 35.5. The number of halogens is 5. The molecule has 0 N–H and O–H groups in total. The van der Waals surface area contributed by atoms with E-state index >= 15 is 0 Å². The Labute approximate surface area is 72.4 Å². The molecule has 0 bridgehead atoms. The Balaban J connectivity index is 4.53. The molecule has 0 aliphatic carbocycles. The van der Waals surface area contributed by atoms with Crippen molar-refractivity contribution >= 4 is 23.2 Å². The van der Waals surface area contributed by atoms with Crippen LogP contribution in [0.2, 0.25) is 0 Å². The average molecular weight is 211 g/mol. The van der Waals surface area contributed by atoms with Gasteiger partial charge in [0.05, 0.1) is 5.38 Å². The summed E-state index contributed by atoms with van der Waals surface area (Å²) in [6.45, 7) is 1.02. The normalized spacial score (nSPS) is 21.0. The van der Waals surface area contributed by atoms with Crippen LogP contribution in [-0.2, 0) is 4.74 Å². The van der Waals surface area contributed by atoms with Crippen LogP contribution in [0.1, 0.15) is 6.92 Å². The molecule has 11 heavy (non-hydrogen) atoms. The fraction of sp³-hybridized carbons (Fsp3) is 1.00. The van der Waals surface area contributed by atoms with Gasteiger partial charge in [-0.05, 0) is 6.92 Å². The fourth-order valence-electron chi connectivity index (χ4n) is 0.368. The van der Waals surface area contributed by atoms with E-state index in [-0.39, 0.29) is 0 Å². The lowest BCUT2D eigenvalue weighted by atomic mass is 10.2. The third-order valence-corrected chi connectivity index (χ3v) is 2.10. The van der Waals surface area contributed by atoms with E-state index < -0.39 is 16.6 Å². The Kier molecular flexibility index (Phi) is 3.47. The lowest BCUT2D eigenvalue weighted by Gasteiger charge is -2.27. The van der Waals surface area contributed by atoms with Crippen LogP contribution in [0.15, 0.2) is 0 Å². The molecule has 0 spiro atoms. The monoisotopic (exact) mass is 210 g/mol. The molecular weight excluding hydrogens is 204 g/mol. The average Bonchev–Trinajstić information content (AvgIpc) is 1.87. The van der Waals surface area contributed by atoms with Crippen LogP contribution >= 0.6 is 23.2 Å². The summed E-state index contributed by atoms with van der Waals surface area (Å²) in [5.74, 6) is 0. The minimum absolute atomic E-state index is 0.649. The molecule has 0 saturated heterocycles. The zero-order chi connectivity index (χ0) is 9.28. The van der Waals surface area contributed by atoms with E-state index in [1.807, 2.05) is 0 Å². The van der Waals surface area contributed by atoms with E-state index in [2.05, 4.69) is 4.74 Å². The summed E-state index contributed by atoms with van der Waals surface area (Å²) < 4.78 is 41.0. The van der Waals surface area contributed by atoms with Crippen LogP contribution in [0.25, 0.3) is 0 Å². The number of hydrogen-bond donors (Lipinski definition) is 0. The number of ether oxygens (including phenoxy) is 1. The Bertz CT molecular complexity index is 138.